The lowest BCUT2D eigenvalue weighted by atomic mass is 9.90. The number of methoxy groups -OCH3 is 1. The van der Waals surface area contributed by atoms with Gasteiger partial charge >= 0.3 is 6.03 Å². The van der Waals surface area contributed by atoms with Gasteiger partial charge in [0.1, 0.15) is 12.1 Å². The number of urea groups is 1. The second-order valence-corrected chi connectivity index (χ2v) is 5.38. The Morgan fingerprint density at radius 2 is 2.29 bits per heavy atom. The van der Waals surface area contributed by atoms with E-state index in [9.17, 15) is 14.4 Å². The molecule has 0 aromatic carbocycles. The molecule has 1 unspecified atom stereocenters. The minimum atomic E-state index is -0.869. The summed E-state index contributed by atoms with van der Waals surface area (Å²) in [5.41, 5.74) is -0.869. The number of imide groups is 1. The maximum atomic E-state index is 12.4. The highest BCUT2D eigenvalue weighted by atomic mass is 16.5. The molecule has 2 saturated heterocycles. The number of carbonyl (C=O) groups excluding carboxylic acids is 3. The molecular weight excluding hydrogens is 276 g/mol. The van der Waals surface area contributed by atoms with E-state index in [1.165, 1.54) is 0 Å². The molecule has 2 aliphatic heterocycles. The number of rotatable bonds is 6. The number of nitrogens with zero attached hydrogens (tertiary/aromatic N) is 1. The van der Waals surface area contributed by atoms with Gasteiger partial charge in [-0.1, -0.05) is 0 Å². The number of hydrogen-bond acceptors (Lipinski definition) is 5. The summed E-state index contributed by atoms with van der Waals surface area (Å²) in [6.07, 6.45) is 2.12. The minimum absolute atomic E-state index is 0.237. The molecule has 0 radical (unpaired) electrons. The van der Waals surface area contributed by atoms with Crippen molar-refractivity contribution >= 4 is 17.8 Å². The fourth-order valence-corrected chi connectivity index (χ4v) is 2.66. The van der Waals surface area contributed by atoms with E-state index in [2.05, 4.69) is 16.0 Å². The van der Waals surface area contributed by atoms with E-state index in [4.69, 9.17) is 4.74 Å². The van der Waals surface area contributed by atoms with Gasteiger partial charge in [0.15, 0.2) is 0 Å². The Bertz CT molecular complexity index is 420. The van der Waals surface area contributed by atoms with Gasteiger partial charge in [0.05, 0.1) is 0 Å². The number of carbonyl (C=O) groups is 3. The van der Waals surface area contributed by atoms with Gasteiger partial charge in [-0.3, -0.25) is 14.5 Å². The average Bonchev–Trinajstić information content (AvgIpc) is 2.69. The third kappa shape index (κ3) is 3.51. The van der Waals surface area contributed by atoms with Gasteiger partial charge in [-0.2, -0.15) is 0 Å². The lowest BCUT2D eigenvalue weighted by Crippen LogP contribution is -2.57. The lowest BCUT2D eigenvalue weighted by molar-refractivity contribution is -0.135. The van der Waals surface area contributed by atoms with Crippen molar-refractivity contribution in [2.24, 2.45) is 0 Å². The maximum absolute atomic E-state index is 12.4. The summed E-state index contributed by atoms with van der Waals surface area (Å²) in [5, 5.41) is 8.51. The fraction of sp³-hybridized carbons (Fsp3) is 0.769. The molecule has 21 heavy (non-hydrogen) atoms. The van der Waals surface area contributed by atoms with Crippen molar-refractivity contribution in [3.8, 4) is 0 Å². The predicted octanol–water partition coefficient (Wildman–Crippen LogP) is -1.19. The molecule has 1 spiro atoms. The van der Waals surface area contributed by atoms with Crippen LogP contribution in [-0.4, -0.2) is 68.2 Å². The van der Waals surface area contributed by atoms with Gasteiger partial charge in [0.25, 0.3) is 5.91 Å². The largest absolute Gasteiger partial charge is 0.385 e. The van der Waals surface area contributed by atoms with E-state index in [0.29, 0.717) is 32.5 Å². The highest BCUT2D eigenvalue weighted by molar-refractivity contribution is 6.09. The molecule has 8 nitrogen and oxygen atoms in total. The van der Waals surface area contributed by atoms with Crippen molar-refractivity contribution in [2.45, 2.75) is 24.8 Å². The minimum Gasteiger partial charge on any atom is -0.385 e. The van der Waals surface area contributed by atoms with Crippen LogP contribution in [0.1, 0.15) is 19.3 Å². The van der Waals surface area contributed by atoms with Crippen molar-refractivity contribution < 1.29 is 19.1 Å². The van der Waals surface area contributed by atoms with E-state index >= 15 is 0 Å². The first-order valence-corrected chi connectivity index (χ1v) is 7.19. The van der Waals surface area contributed by atoms with Crippen LogP contribution in [-0.2, 0) is 14.3 Å². The highest BCUT2D eigenvalue weighted by Gasteiger charge is 2.51. The second-order valence-electron chi connectivity index (χ2n) is 5.38. The van der Waals surface area contributed by atoms with Crippen molar-refractivity contribution in [3.63, 3.8) is 0 Å². The zero-order chi connectivity index (χ0) is 15.3. The molecule has 8 heteroatoms. The Hall–Kier alpha value is -1.67. The van der Waals surface area contributed by atoms with Gasteiger partial charge < -0.3 is 20.7 Å². The van der Waals surface area contributed by atoms with Crippen molar-refractivity contribution in [1.29, 1.82) is 0 Å². The van der Waals surface area contributed by atoms with Crippen LogP contribution in [0.4, 0.5) is 4.79 Å². The summed E-state index contributed by atoms with van der Waals surface area (Å²) in [4.78, 5) is 37.1. The molecule has 118 valence electrons. The number of piperidine rings is 1. The van der Waals surface area contributed by atoms with E-state index < -0.39 is 11.6 Å². The van der Waals surface area contributed by atoms with Gasteiger partial charge in [-0.05, 0) is 25.8 Å². The highest BCUT2D eigenvalue weighted by Crippen LogP contribution is 2.24. The first kappa shape index (κ1) is 15.7. The summed E-state index contributed by atoms with van der Waals surface area (Å²) in [6.45, 7) is 2.04. The normalized spacial score (nSPS) is 25.3. The van der Waals surface area contributed by atoms with Crippen LogP contribution in [0.5, 0.6) is 0 Å². The Labute approximate surface area is 123 Å². The third-order valence-electron chi connectivity index (χ3n) is 3.78. The molecule has 0 aromatic heterocycles. The standard InChI is InChI=1S/C13H22N4O4/c1-21-7-3-6-15-10(18)8-17-11(19)13(16-12(17)20)4-2-5-14-9-13/h14H,2-9H2,1H3,(H,15,18)(H,16,20). The zero-order valence-electron chi connectivity index (χ0n) is 12.2. The van der Waals surface area contributed by atoms with E-state index in [-0.39, 0.29) is 18.4 Å². The van der Waals surface area contributed by atoms with Crippen molar-refractivity contribution in [2.75, 3.05) is 39.9 Å². The molecule has 0 aliphatic carbocycles. The molecular formula is C13H22N4O4. The quantitative estimate of drug-likeness (QED) is 0.423. The molecule has 0 aromatic rings. The van der Waals surface area contributed by atoms with E-state index in [1.54, 1.807) is 7.11 Å². The van der Waals surface area contributed by atoms with Crippen molar-refractivity contribution in [1.82, 2.24) is 20.9 Å². The van der Waals surface area contributed by atoms with Gasteiger partial charge in [0.2, 0.25) is 5.91 Å². The average molecular weight is 298 g/mol. The molecule has 2 aliphatic rings. The fourth-order valence-electron chi connectivity index (χ4n) is 2.66. The number of amides is 4. The van der Waals surface area contributed by atoms with Crippen LogP contribution < -0.4 is 16.0 Å². The Balaban J connectivity index is 1.87. The molecule has 0 bridgehead atoms. The first-order valence-electron chi connectivity index (χ1n) is 7.19. The Morgan fingerprint density at radius 3 is 2.95 bits per heavy atom. The molecule has 2 rings (SSSR count). The molecule has 1 atom stereocenters. The third-order valence-corrected chi connectivity index (χ3v) is 3.78. The van der Waals surface area contributed by atoms with Gasteiger partial charge in [-0.15, -0.1) is 0 Å². The SMILES string of the molecule is COCCCNC(=O)CN1C(=O)NC2(CCCNC2)C1=O. The summed E-state index contributed by atoms with van der Waals surface area (Å²) in [5.74, 6) is -0.651. The molecule has 3 N–H and O–H groups in total. The second kappa shape index (κ2) is 6.86. The van der Waals surface area contributed by atoms with E-state index in [0.717, 1.165) is 17.9 Å². The summed E-state index contributed by atoms with van der Waals surface area (Å²) in [7, 11) is 1.59. The van der Waals surface area contributed by atoms with Crippen LogP contribution in [0.25, 0.3) is 0 Å². The predicted molar refractivity (Wildman–Crippen MR) is 74.6 cm³/mol. The summed E-state index contributed by atoms with van der Waals surface area (Å²) < 4.78 is 4.88. The Morgan fingerprint density at radius 1 is 1.48 bits per heavy atom. The van der Waals surface area contributed by atoms with Crippen LogP contribution in [0, 0.1) is 0 Å². The smallest absolute Gasteiger partial charge is 0.325 e. The van der Waals surface area contributed by atoms with Gasteiger partial charge in [-0.25, -0.2) is 4.79 Å². The van der Waals surface area contributed by atoms with Crippen LogP contribution in [0.2, 0.25) is 0 Å². The maximum Gasteiger partial charge on any atom is 0.325 e. The topological polar surface area (TPSA) is 99.8 Å². The molecule has 0 saturated carbocycles. The lowest BCUT2D eigenvalue weighted by Gasteiger charge is -2.31. The number of nitrogens with one attached hydrogen (secondary N) is 3. The summed E-state index contributed by atoms with van der Waals surface area (Å²) in [6, 6.07) is -0.490. The number of ether oxygens (including phenoxy) is 1. The Kier molecular flexibility index (Phi) is 5.13. The van der Waals surface area contributed by atoms with Crippen molar-refractivity contribution in [3.05, 3.63) is 0 Å². The van der Waals surface area contributed by atoms with Crippen LogP contribution in [0.15, 0.2) is 0 Å². The monoisotopic (exact) mass is 298 g/mol. The van der Waals surface area contributed by atoms with E-state index in [1.807, 2.05) is 0 Å². The van der Waals surface area contributed by atoms with Crippen LogP contribution in [0.3, 0.4) is 0 Å². The molecule has 4 amide bonds. The van der Waals surface area contributed by atoms with Gasteiger partial charge in [0, 0.05) is 26.8 Å². The molecule has 2 heterocycles. The van der Waals surface area contributed by atoms with Crippen LogP contribution >= 0.6 is 0 Å². The summed E-state index contributed by atoms with van der Waals surface area (Å²) >= 11 is 0. The first-order chi connectivity index (χ1) is 10.1. The zero-order valence-corrected chi connectivity index (χ0v) is 12.2. The molecule has 2 fully saturated rings. The number of hydrogen-bond donors (Lipinski definition) is 3.